The molecule has 1 atom stereocenters. The Morgan fingerprint density at radius 3 is 2.62 bits per heavy atom. The Kier molecular flexibility index (Phi) is 9.10. The molecule has 210 valence electrons. The summed E-state index contributed by atoms with van der Waals surface area (Å²) in [6, 6.07) is 11.9. The Labute approximate surface area is 222 Å². The number of H-pyrrole nitrogens is 1. The monoisotopic (exact) mass is 548 g/mol. The van der Waals surface area contributed by atoms with Crippen LogP contribution in [-0.2, 0) is 11.3 Å². The zero-order valence-electron chi connectivity index (χ0n) is 21.1. The van der Waals surface area contributed by atoms with Crippen LogP contribution >= 0.6 is 0 Å². The number of aliphatic hydroxyl groups excluding tert-OH is 1. The number of benzene rings is 2. The van der Waals surface area contributed by atoms with Gasteiger partial charge in [0.15, 0.2) is 0 Å². The third-order valence-electron chi connectivity index (χ3n) is 6.78. The molecule has 2 aromatic carbocycles. The largest absolute Gasteiger partial charge is 0.573 e. The SMILES string of the molecule is O=C(CCN1CCC(NCC(O)c2ccc(O)c3[nH]c(=O)ccc23)CC1)NCc1ccccc1OC(F)(F)F. The number of pyridine rings is 1. The maximum absolute atomic E-state index is 12.6. The normalized spacial score (nSPS) is 15.8. The maximum atomic E-state index is 12.6. The minimum absolute atomic E-state index is 0.0621. The first-order valence-corrected chi connectivity index (χ1v) is 12.7. The van der Waals surface area contributed by atoms with Gasteiger partial charge in [0.2, 0.25) is 11.5 Å². The van der Waals surface area contributed by atoms with E-state index in [0.29, 0.717) is 24.0 Å². The molecule has 0 radical (unpaired) electrons. The van der Waals surface area contributed by atoms with Crippen molar-refractivity contribution >= 4 is 16.8 Å². The van der Waals surface area contributed by atoms with Crippen LogP contribution in [0, 0.1) is 0 Å². The molecular weight excluding hydrogens is 517 g/mol. The number of alkyl halides is 3. The van der Waals surface area contributed by atoms with Gasteiger partial charge < -0.3 is 35.5 Å². The van der Waals surface area contributed by atoms with Crippen molar-refractivity contribution in [2.75, 3.05) is 26.2 Å². The zero-order chi connectivity index (χ0) is 28.0. The van der Waals surface area contributed by atoms with E-state index >= 15 is 0 Å². The molecule has 2 heterocycles. The topological polar surface area (TPSA) is 127 Å². The maximum Gasteiger partial charge on any atom is 0.573 e. The number of amides is 1. The lowest BCUT2D eigenvalue weighted by molar-refractivity contribution is -0.274. The summed E-state index contributed by atoms with van der Waals surface area (Å²) in [6.45, 7) is 2.27. The number of aromatic hydroxyl groups is 1. The van der Waals surface area contributed by atoms with Gasteiger partial charge in [0.1, 0.15) is 11.5 Å². The number of ether oxygens (including phenoxy) is 1. The first-order chi connectivity index (χ1) is 18.6. The lowest BCUT2D eigenvalue weighted by Crippen LogP contribution is -2.44. The highest BCUT2D eigenvalue weighted by molar-refractivity contribution is 5.87. The molecule has 12 heteroatoms. The molecule has 1 saturated heterocycles. The molecule has 39 heavy (non-hydrogen) atoms. The molecule has 1 unspecified atom stereocenters. The summed E-state index contributed by atoms with van der Waals surface area (Å²) in [5, 5.41) is 27.4. The second-order valence-corrected chi connectivity index (χ2v) is 9.51. The Balaban J connectivity index is 1.18. The third kappa shape index (κ3) is 7.94. The molecule has 3 aromatic rings. The van der Waals surface area contributed by atoms with Crippen LogP contribution in [0.4, 0.5) is 13.2 Å². The summed E-state index contributed by atoms with van der Waals surface area (Å²) in [7, 11) is 0. The van der Waals surface area contributed by atoms with Crippen molar-refractivity contribution < 1.29 is 32.9 Å². The van der Waals surface area contributed by atoms with Crippen LogP contribution in [0.25, 0.3) is 10.9 Å². The number of fused-ring (bicyclic) bond motifs is 1. The minimum Gasteiger partial charge on any atom is -0.506 e. The minimum atomic E-state index is -4.80. The number of hydrogen-bond donors (Lipinski definition) is 5. The summed E-state index contributed by atoms with van der Waals surface area (Å²) in [4.78, 5) is 28.6. The second kappa shape index (κ2) is 12.5. The van der Waals surface area contributed by atoms with Crippen LogP contribution in [0.2, 0.25) is 0 Å². The molecule has 1 fully saturated rings. The Morgan fingerprint density at radius 2 is 1.87 bits per heavy atom. The van der Waals surface area contributed by atoms with E-state index in [-0.39, 0.29) is 53.1 Å². The quantitative estimate of drug-likeness (QED) is 0.264. The highest BCUT2D eigenvalue weighted by Gasteiger charge is 2.32. The van der Waals surface area contributed by atoms with Gasteiger partial charge in [0.25, 0.3) is 0 Å². The average molecular weight is 549 g/mol. The van der Waals surface area contributed by atoms with Gasteiger partial charge >= 0.3 is 6.36 Å². The zero-order valence-corrected chi connectivity index (χ0v) is 21.1. The van der Waals surface area contributed by atoms with Crippen molar-refractivity contribution in [2.24, 2.45) is 0 Å². The standard InChI is InChI=1S/C27H31F3N4O5/c28-27(29,30)39-23-4-2-1-3-17(23)15-32-24(37)11-14-34-12-9-18(10-13-34)31-16-22(36)19-5-7-21(35)26-20(19)6-8-25(38)33-26/h1-8,18,22,31,35-36H,9-16H2,(H,32,37)(H,33,38). The number of para-hydroxylation sites is 1. The Bertz CT molecular complexity index is 1340. The molecule has 1 amide bonds. The number of likely N-dealkylation sites (tertiary alicyclic amines) is 1. The smallest absolute Gasteiger partial charge is 0.506 e. The summed E-state index contributed by atoms with van der Waals surface area (Å²) in [5.74, 6) is -0.658. The van der Waals surface area contributed by atoms with E-state index < -0.39 is 12.5 Å². The van der Waals surface area contributed by atoms with Crippen molar-refractivity contribution in [3.05, 3.63) is 70.0 Å². The molecular formula is C27H31F3N4O5. The molecule has 1 aromatic heterocycles. The van der Waals surface area contributed by atoms with E-state index in [1.165, 1.54) is 30.3 Å². The molecule has 5 N–H and O–H groups in total. The van der Waals surface area contributed by atoms with Crippen molar-refractivity contribution in [3.63, 3.8) is 0 Å². The van der Waals surface area contributed by atoms with Crippen LogP contribution < -0.4 is 20.9 Å². The fourth-order valence-corrected chi connectivity index (χ4v) is 4.71. The predicted octanol–water partition coefficient (Wildman–Crippen LogP) is 2.93. The number of phenols is 1. The summed E-state index contributed by atoms with van der Waals surface area (Å²) >= 11 is 0. The van der Waals surface area contributed by atoms with Crippen LogP contribution in [0.5, 0.6) is 11.5 Å². The molecule has 0 saturated carbocycles. The van der Waals surface area contributed by atoms with E-state index in [2.05, 4.69) is 25.3 Å². The predicted molar refractivity (Wildman–Crippen MR) is 138 cm³/mol. The molecule has 0 bridgehead atoms. The van der Waals surface area contributed by atoms with Crippen molar-refractivity contribution in [1.82, 2.24) is 20.5 Å². The summed E-state index contributed by atoms with van der Waals surface area (Å²) in [6.07, 6.45) is -3.79. The summed E-state index contributed by atoms with van der Waals surface area (Å²) < 4.78 is 41.7. The van der Waals surface area contributed by atoms with Crippen molar-refractivity contribution in [1.29, 1.82) is 0 Å². The van der Waals surface area contributed by atoms with Gasteiger partial charge in [0.05, 0.1) is 11.6 Å². The van der Waals surface area contributed by atoms with Gasteiger partial charge in [0, 0.05) is 49.1 Å². The highest BCUT2D eigenvalue weighted by Crippen LogP contribution is 2.29. The molecule has 1 aliphatic heterocycles. The molecule has 1 aliphatic rings. The number of hydrogen-bond acceptors (Lipinski definition) is 7. The van der Waals surface area contributed by atoms with Gasteiger partial charge in [-0.25, -0.2) is 0 Å². The number of carbonyl (C=O) groups excluding carboxylic acids is 1. The van der Waals surface area contributed by atoms with Gasteiger partial charge in [-0.05, 0) is 49.7 Å². The van der Waals surface area contributed by atoms with E-state index in [1.54, 1.807) is 18.2 Å². The number of aromatic amines is 1. The lowest BCUT2D eigenvalue weighted by Gasteiger charge is -2.32. The Hall–Kier alpha value is -3.61. The van der Waals surface area contributed by atoms with E-state index in [9.17, 15) is 33.0 Å². The number of carbonyl (C=O) groups is 1. The number of nitrogens with one attached hydrogen (secondary N) is 3. The first-order valence-electron chi connectivity index (χ1n) is 12.7. The summed E-state index contributed by atoms with van der Waals surface area (Å²) in [5.41, 5.74) is 0.788. The average Bonchev–Trinajstić information content (AvgIpc) is 2.90. The number of aromatic nitrogens is 1. The number of piperidine rings is 1. The van der Waals surface area contributed by atoms with Crippen molar-refractivity contribution in [3.8, 4) is 11.5 Å². The van der Waals surface area contributed by atoms with Crippen LogP contribution in [-0.4, -0.2) is 64.6 Å². The molecule has 0 spiro atoms. The number of aliphatic hydroxyl groups is 1. The lowest BCUT2D eigenvalue weighted by atomic mass is 10.0. The Morgan fingerprint density at radius 1 is 1.13 bits per heavy atom. The first kappa shape index (κ1) is 28.4. The van der Waals surface area contributed by atoms with Gasteiger partial charge in [-0.2, -0.15) is 0 Å². The van der Waals surface area contributed by atoms with Gasteiger partial charge in [-0.1, -0.05) is 24.3 Å². The van der Waals surface area contributed by atoms with Gasteiger partial charge in [-0.3, -0.25) is 9.59 Å². The molecule has 9 nitrogen and oxygen atoms in total. The number of nitrogens with zero attached hydrogens (tertiary/aromatic N) is 1. The van der Waals surface area contributed by atoms with Crippen LogP contribution in [0.3, 0.4) is 0 Å². The van der Waals surface area contributed by atoms with Crippen LogP contribution in [0.1, 0.15) is 36.5 Å². The van der Waals surface area contributed by atoms with E-state index in [0.717, 1.165) is 25.9 Å². The molecule has 0 aliphatic carbocycles. The molecule has 4 rings (SSSR count). The highest BCUT2D eigenvalue weighted by atomic mass is 19.4. The van der Waals surface area contributed by atoms with E-state index in [4.69, 9.17) is 0 Å². The fraction of sp³-hybridized carbons (Fsp3) is 0.407. The number of rotatable bonds is 10. The van der Waals surface area contributed by atoms with Crippen LogP contribution in [0.15, 0.2) is 53.3 Å². The number of halogens is 3. The number of phenolic OH excluding ortho intramolecular Hbond substituents is 1. The fourth-order valence-electron chi connectivity index (χ4n) is 4.71. The van der Waals surface area contributed by atoms with E-state index in [1.807, 2.05) is 0 Å². The van der Waals surface area contributed by atoms with Crippen molar-refractivity contribution in [2.45, 2.75) is 44.3 Å². The second-order valence-electron chi connectivity index (χ2n) is 9.51. The third-order valence-corrected chi connectivity index (χ3v) is 6.78. The van der Waals surface area contributed by atoms with Gasteiger partial charge in [-0.15, -0.1) is 13.2 Å².